The van der Waals surface area contributed by atoms with Gasteiger partial charge in [0.05, 0.1) is 17.4 Å². The Morgan fingerprint density at radius 1 is 1.07 bits per heavy atom. The van der Waals surface area contributed by atoms with E-state index in [2.05, 4.69) is 10.1 Å². The normalized spacial score (nSPS) is 13.1. The number of carbonyl (C=O) groups is 1. The lowest BCUT2D eigenvalue weighted by Gasteiger charge is -2.15. The number of amides is 1. The number of rotatable bonds is 6. The van der Waals surface area contributed by atoms with Crippen LogP contribution in [0.4, 0.5) is 13.2 Å². The molecule has 0 bridgehead atoms. The summed E-state index contributed by atoms with van der Waals surface area (Å²) in [5.41, 5.74) is 1.26. The van der Waals surface area contributed by atoms with E-state index in [1.54, 1.807) is 19.1 Å². The van der Waals surface area contributed by atoms with Crippen molar-refractivity contribution in [2.45, 2.75) is 30.6 Å². The molecule has 0 unspecified atom stereocenters. The van der Waals surface area contributed by atoms with E-state index in [4.69, 9.17) is 0 Å². The molecule has 2 aromatic rings. The lowest BCUT2D eigenvalue weighted by atomic mass is 10.1. The van der Waals surface area contributed by atoms with Gasteiger partial charge in [-0.25, -0.2) is 8.42 Å². The van der Waals surface area contributed by atoms with Crippen molar-refractivity contribution in [3.05, 3.63) is 59.7 Å². The van der Waals surface area contributed by atoms with Gasteiger partial charge in [-0.05, 0) is 42.3 Å². The number of benzene rings is 2. The minimum Gasteiger partial charge on any atom is -0.406 e. The van der Waals surface area contributed by atoms with Crippen molar-refractivity contribution in [1.82, 2.24) is 5.32 Å². The smallest absolute Gasteiger partial charge is 0.406 e. The van der Waals surface area contributed by atoms with Crippen LogP contribution in [0.3, 0.4) is 0 Å². The topological polar surface area (TPSA) is 72.5 Å². The van der Waals surface area contributed by atoms with Crippen LogP contribution in [0.1, 0.15) is 24.1 Å². The van der Waals surface area contributed by atoms with Gasteiger partial charge >= 0.3 is 6.36 Å². The summed E-state index contributed by atoms with van der Waals surface area (Å²) in [6.45, 7) is 1.74. The van der Waals surface area contributed by atoms with E-state index >= 15 is 0 Å². The fraction of sp³-hybridized carbons (Fsp3) is 0.278. The van der Waals surface area contributed by atoms with Crippen molar-refractivity contribution in [3.8, 4) is 5.75 Å². The molecular weight excluding hydrogens is 383 g/mol. The number of sulfone groups is 1. The van der Waals surface area contributed by atoms with Crippen LogP contribution in [0, 0.1) is 0 Å². The Bertz CT molecular complexity index is 892. The largest absolute Gasteiger partial charge is 0.573 e. The van der Waals surface area contributed by atoms with Gasteiger partial charge in [0.25, 0.3) is 0 Å². The Morgan fingerprint density at radius 3 is 2.11 bits per heavy atom. The van der Waals surface area contributed by atoms with E-state index in [-0.39, 0.29) is 29.0 Å². The Balaban J connectivity index is 1.95. The first kappa shape index (κ1) is 20.8. The highest BCUT2D eigenvalue weighted by molar-refractivity contribution is 7.90. The molecule has 0 aliphatic carbocycles. The van der Waals surface area contributed by atoms with Crippen LogP contribution < -0.4 is 10.1 Å². The van der Waals surface area contributed by atoms with Gasteiger partial charge < -0.3 is 10.1 Å². The number of hydrogen-bond acceptors (Lipinski definition) is 4. The van der Waals surface area contributed by atoms with E-state index in [0.29, 0.717) is 5.56 Å². The summed E-state index contributed by atoms with van der Waals surface area (Å²) < 4.78 is 63.1. The Kier molecular flexibility index (Phi) is 6.15. The predicted octanol–water partition coefficient (Wildman–Crippen LogP) is 3.41. The highest BCUT2D eigenvalue weighted by Crippen LogP contribution is 2.23. The van der Waals surface area contributed by atoms with Crippen molar-refractivity contribution in [2.75, 3.05) is 6.26 Å². The fourth-order valence-corrected chi connectivity index (χ4v) is 3.00. The third kappa shape index (κ3) is 6.59. The summed E-state index contributed by atoms with van der Waals surface area (Å²) in [5, 5.41) is 2.76. The summed E-state index contributed by atoms with van der Waals surface area (Å²) in [6, 6.07) is 10.8. The molecule has 0 saturated heterocycles. The van der Waals surface area contributed by atoms with E-state index in [1.807, 2.05) is 0 Å². The fourth-order valence-electron chi connectivity index (χ4n) is 2.37. The molecule has 2 aromatic carbocycles. The first-order valence-corrected chi connectivity index (χ1v) is 9.77. The number of ether oxygens (including phenoxy) is 1. The second-order valence-electron chi connectivity index (χ2n) is 6.00. The standard InChI is InChI=1S/C18H18F3NO4S/c1-12(14-5-9-16(10-6-14)27(2,24)25)22-17(23)11-13-3-7-15(8-4-13)26-18(19,20)21/h3-10,12H,11H2,1-2H3,(H,22,23)/t12-/m0/s1. The minimum atomic E-state index is -4.76. The Labute approximate surface area is 155 Å². The molecule has 1 N–H and O–H groups in total. The first-order chi connectivity index (χ1) is 12.4. The number of halogens is 3. The van der Waals surface area contributed by atoms with Gasteiger partial charge in [0.1, 0.15) is 5.75 Å². The summed E-state index contributed by atoms with van der Waals surface area (Å²) >= 11 is 0. The van der Waals surface area contributed by atoms with E-state index in [9.17, 15) is 26.4 Å². The third-order valence-electron chi connectivity index (χ3n) is 3.71. The molecule has 146 valence electrons. The van der Waals surface area contributed by atoms with Crippen molar-refractivity contribution < 1.29 is 31.1 Å². The summed E-state index contributed by atoms with van der Waals surface area (Å²) in [5.74, 6) is -0.676. The average Bonchev–Trinajstić information content (AvgIpc) is 2.54. The second kappa shape index (κ2) is 7.99. The zero-order chi connectivity index (χ0) is 20.2. The summed E-state index contributed by atoms with van der Waals surface area (Å²) in [7, 11) is -3.29. The lowest BCUT2D eigenvalue weighted by Crippen LogP contribution is -2.28. The molecule has 2 rings (SSSR count). The van der Waals surface area contributed by atoms with E-state index in [0.717, 1.165) is 24.0 Å². The molecule has 27 heavy (non-hydrogen) atoms. The van der Waals surface area contributed by atoms with Crippen molar-refractivity contribution >= 4 is 15.7 Å². The first-order valence-electron chi connectivity index (χ1n) is 7.88. The van der Waals surface area contributed by atoms with Gasteiger partial charge in [-0.2, -0.15) is 0 Å². The number of nitrogens with one attached hydrogen (secondary N) is 1. The van der Waals surface area contributed by atoms with Crippen LogP contribution in [0.25, 0.3) is 0 Å². The maximum absolute atomic E-state index is 12.1. The van der Waals surface area contributed by atoms with Crippen LogP contribution in [-0.4, -0.2) is 26.9 Å². The molecule has 0 fully saturated rings. The van der Waals surface area contributed by atoms with Gasteiger partial charge in [0.15, 0.2) is 9.84 Å². The van der Waals surface area contributed by atoms with Gasteiger partial charge in [-0.1, -0.05) is 24.3 Å². The predicted molar refractivity (Wildman–Crippen MR) is 92.9 cm³/mol. The quantitative estimate of drug-likeness (QED) is 0.805. The van der Waals surface area contributed by atoms with Gasteiger partial charge in [0.2, 0.25) is 5.91 Å². The van der Waals surface area contributed by atoms with Crippen LogP contribution in [0.15, 0.2) is 53.4 Å². The second-order valence-corrected chi connectivity index (χ2v) is 8.01. The maximum Gasteiger partial charge on any atom is 0.573 e. The highest BCUT2D eigenvalue weighted by Gasteiger charge is 2.30. The SMILES string of the molecule is C[C@H](NC(=O)Cc1ccc(OC(F)(F)F)cc1)c1ccc(S(C)(=O)=O)cc1. The molecule has 0 spiro atoms. The highest BCUT2D eigenvalue weighted by atomic mass is 32.2. The Hall–Kier alpha value is -2.55. The van der Waals surface area contributed by atoms with Crippen LogP contribution >= 0.6 is 0 Å². The molecule has 0 aromatic heterocycles. The molecule has 5 nitrogen and oxygen atoms in total. The van der Waals surface area contributed by atoms with Gasteiger partial charge in [-0.3, -0.25) is 4.79 Å². The van der Waals surface area contributed by atoms with Crippen LogP contribution in [-0.2, 0) is 21.1 Å². The third-order valence-corrected chi connectivity index (χ3v) is 4.84. The minimum absolute atomic E-state index is 0.0158. The molecule has 0 heterocycles. The number of carbonyl (C=O) groups excluding carboxylic acids is 1. The maximum atomic E-state index is 12.1. The summed E-state index contributed by atoms with van der Waals surface area (Å²) in [6.07, 6.45) is -3.67. The molecule has 1 atom stereocenters. The molecule has 9 heteroatoms. The average molecular weight is 401 g/mol. The number of hydrogen-bond donors (Lipinski definition) is 1. The zero-order valence-corrected chi connectivity index (χ0v) is 15.4. The molecule has 0 radical (unpaired) electrons. The van der Waals surface area contributed by atoms with Gasteiger partial charge in [-0.15, -0.1) is 13.2 Å². The van der Waals surface area contributed by atoms with Crippen molar-refractivity contribution in [1.29, 1.82) is 0 Å². The van der Waals surface area contributed by atoms with Crippen LogP contribution in [0.2, 0.25) is 0 Å². The monoisotopic (exact) mass is 401 g/mol. The Morgan fingerprint density at radius 2 is 1.63 bits per heavy atom. The van der Waals surface area contributed by atoms with E-state index < -0.39 is 16.2 Å². The van der Waals surface area contributed by atoms with Crippen molar-refractivity contribution in [2.24, 2.45) is 0 Å². The molecule has 0 aliphatic heterocycles. The summed E-state index contributed by atoms with van der Waals surface area (Å²) in [4.78, 5) is 12.3. The number of alkyl halides is 3. The lowest BCUT2D eigenvalue weighted by molar-refractivity contribution is -0.274. The molecule has 1 amide bonds. The molecular formula is C18H18F3NO4S. The molecule has 0 saturated carbocycles. The van der Waals surface area contributed by atoms with Gasteiger partial charge in [0, 0.05) is 6.26 Å². The zero-order valence-electron chi connectivity index (χ0n) is 14.6. The van der Waals surface area contributed by atoms with E-state index in [1.165, 1.54) is 24.3 Å². The van der Waals surface area contributed by atoms with Crippen molar-refractivity contribution in [3.63, 3.8) is 0 Å². The van der Waals surface area contributed by atoms with Crippen LogP contribution in [0.5, 0.6) is 5.75 Å². The molecule has 0 aliphatic rings.